The van der Waals surface area contributed by atoms with Crippen LogP contribution in [0, 0.1) is 0 Å². The largest absolute Gasteiger partial charge is 0.444 e. The Morgan fingerprint density at radius 2 is 1.96 bits per heavy atom. The predicted octanol–water partition coefficient (Wildman–Crippen LogP) is 2.63. The van der Waals surface area contributed by atoms with E-state index in [0.717, 1.165) is 19.3 Å². The lowest BCUT2D eigenvalue weighted by Gasteiger charge is -2.22. The third-order valence-electron chi connectivity index (χ3n) is 3.25. The van der Waals surface area contributed by atoms with E-state index >= 15 is 0 Å². The average Bonchev–Trinajstić information content (AvgIpc) is 2.74. The molecule has 1 rings (SSSR count). The Balaban J connectivity index is 2.08. The van der Waals surface area contributed by atoms with E-state index in [4.69, 9.17) is 14.2 Å². The van der Waals surface area contributed by atoms with Gasteiger partial charge in [0.2, 0.25) is 0 Å². The lowest BCUT2D eigenvalue weighted by molar-refractivity contribution is -0.151. The maximum absolute atomic E-state index is 11.6. The fourth-order valence-corrected chi connectivity index (χ4v) is 2.06. The molecular weight excluding hydrogens is 328 g/mol. The van der Waals surface area contributed by atoms with Crippen LogP contribution in [-0.2, 0) is 19.0 Å². The number of amides is 2. The topological polar surface area (TPSA) is 103 Å². The Bertz CT molecular complexity index is 524. The van der Waals surface area contributed by atoms with Gasteiger partial charge in [-0.25, -0.2) is 14.4 Å². The van der Waals surface area contributed by atoms with Crippen LogP contribution in [0.25, 0.3) is 0 Å². The molecule has 0 radical (unpaired) electrons. The third kappa shape index (κ3) is 8.97. The van der Waals surface area contributed by atoms with Crippen LogP contribution in [0.2, 0.25) is 0 Å². The molecule has 1 heterocycles. The SMILES string of the molecule is CC1=CC(OC(=O)NCCCC[C@@H](C)NC(=O)OC(C)(C)C)OC1=O. The summed E-state index contributed by atoms with van der Waals surface area (Å²) in [6.07, 6.45) is 1.73. The number of esters is 1. The van der Waals surface area contributed by atoms with Crippen molar-refractivity contribution in [3.8, 4) is 0 Å². The normalized spacial score (nSPS) is 18.0. The van der Waals surface area contributed by atoms with Crippen LogP contribution in [0.15, 0.2) is 11.6 Å². The number of unbranched alkanes of at least 4 members (excludes halogenated alkanes) is 1. The Morgan fingerprint density at radius 1 is 1.28 bits per heavy atom. The average molecular weight is 356 g/mol. The summed E-state index contributed by atoms with van der Waals surface area (Å²) in [5.41, 5.74) is -0.0978. The van der Waals surface area contributed by atoms with E-state index in [-0.39, 0.29) is 6.04 Å². The molecule has 0 aromatic carbocycles. The van der Waals surface area contributed by atoms with Gasteiger partial charge in [-0.05, 0) is 53.9 Å². The molecule has 2 N–H and O–H groups in total. The molecule has 0 saturated heterocycles. The highest BCUT2D eigenvalue weighted by molar-refractivity contribution is 5.90. The molecule has 0 aromatic heterocycles. The Kier molecular flexibility index (Phi) is 7.73. The van der Waals surface area contributed by atoms with Crippen LogP contribution >= 0.6 is 0 Å². The van der Waals surface area contributed by atoms with Crippen molar-refractivity contribution in [2.24, 2.45) is 0 Å². The van der Waals surface area contributed by atoms with E-state index in [0.29, 0.717) is 12.1 Å². The van der Waals surface area contributed by atoms with Gasteiger partial charge in [0.1, 0.15) is 5.60 Å². The number of hydrogen-bond donors (Lipinski definition) is 2. The van der Waals surface area contributed by atoms with E-state index in [1.165, 1.54) is 6.08 Å². The molecule has 8 heteroatoms. The number of rotatable bonds is 7. The monoisotopic (exact) mass is 356 g/mol. The highest BCUT2D eigenvalue weighted by atomic mass is 16.7. The van der Waals surface area contributed by atoms with Crippen LogP contribution in [0.4, 0.5) is 9.59 Å². The minimum atomic E-state index is -0.953. The summed E-state index contributed by atoms with van der Waals surface area (Å²) in [6, 6.07) is -0.0205. The minimum Gasteiger partial charge on any atom is -0.444 e. The van der Waals surface area contributed by atoms with E-state index in [1.54, 1.807) is 6.92 Å². The third-order valence-corrected chi connectivity index (χ3v) is 3.25. The van der Waals surface area contributed by atoms with E-state index in [1.807, 2.05) is 27.7 Å². The number of cyclic esters (lactones) is 1. The molecule has 0 fully saturated rings. The number of hydrogen-bond acceptors (Lipinski definition) is 6. The molecule has 1 unspecified atom stereocenters. The predicted molar refractivity (Wildman–Crippen MR) is 90.8 cm³/mol. The highest BCUT2D eigenvalue weighted by Crippen LogP contribution is 2.13. The lowest BCUT2D eigenvalue weighted by atomic mass is 10.1. The van der Waals surface area contributed by atoms with Gasteiger partial charge in [0.05, 0.1) is 0 Å². The molecule has 0 aliphatic carbocycles. The number of carbonyl (C=O) groups excluding carboxylic acids is 3. The molecule has 2 amide bonds. The van der Waals surface area contributed by atoms with Crippen LogP contribution in [0.3, 0.4) is 0 Å². The van der Waals surface area contributed by atoms with Crippen LogP contribution < -0.4 is 10.6 Å². The zero-order chi connectivity index (χ0) is 19.0. The van der Waals surface area contributed by atoms with Crippen molar-refractivity contribution < 1.29 is 28.6 Å². The van der Waals surface area contributed by atoms with Crippen molar-refractivity contribution >= 4 is 18.2 Å². The summed E-state index contributed by atoms with van der Waals surface area (Å²) in [6.45, 7) is 9.36. The second kappa shape index (κ2) is 9.29. The van der Waals surface area contributed by atoms with Gasteiger partial charge in [-0.1, -0.05) is 0 Å². The molecule has 25 heavy (non-hydrogen) atoms. The van der Waals surface area contributed by atoms with Crippen molar-refractivity contribution in [2.45, 2.75) is 71.8 Å². The summed E-state index contributed by atoms with van der Waals surface area (Å²) in [5, 5.41) is 5.36. The second-order valence-corrected chi connectivity index (χ2v) is 7.00. The lowest BCUT2D eigenvalue weighted by Crippen LogP contribution is -2.37. The number of nitrogens with one attached hydrogen (secondary N) is 2. The van der Waals surface area contributed by atoms with Crippen LogP contribution in [0.1, 0.15) is 53.9 Å². The van der Waals surface area contributed by atoms with Gasteiger partial charge in [0, 0.05) is 24.2 Å². The maximum atomic E-state index is 11.6. The molecule has 1 aliphatic heterocycles. The van der Waals surface area contributed by atoms with Crippen molar-refractivity contribution in [3.63, 3.8) is 0 Å². The summed E-state index contributed by atoms with van der Waals surface area (Å²) in [5.74, 6) is -0.482. The summed E-state index contributed by atoms with van der Waals surface area (Å²) in [7, 11) is 0. The molecule has 1 aliphatic rings. The second-order valence-electron chi connectivity index (χ2n) is 7.00. The standard InChI is InChI=1S/C17H28N2O6/c1-11-10-13(23-14(11)20)24-15(21)18-9-7-6-8-12(2)19-16(22)25-17(3,4)5/h10,12-13H,6-9H2,1-5H3,(H,18,21)(H,19,22)/t12-,13?/m1/s1. The first-order chi connectivity index (χ1) is 11.6. The Hall–Kier alpha value is -2.25. The molecule has 0 bridgehead atoms. The molecule has 0 spiro atoms. The summed E-state index contributed by atoms with van der Waals surface area (Å²) < 4.78 is 14.9. The first kappa shape index (κ1) is 20.8. The summed E-state index contributed by atoms with van der Waals surface area (Å²) >= 11 is 0. The zero-order valence-electron chi connectivity index (χ0n) is 15.5. The molecule has 0 saturated carbocycles. The quantitative estimate of drug-likeness (QED) is 0.537. The highest BCUT2D eigenvalue weighted by Gasteiger charge is 2.25. The Morgan fingerprint density at radius 3 is 2.52 bits per heavy atom. The van der Waals surface area contributed by atoms with E-state index < -0.39 is 30.0 Å². The van der Waals surface area contributed by atoms with Gasteiger partial charge in [-0.15, -0.1) is 0 Å². The van der Waals surface area contributed by atoms with E-state index in [9.17, 15) is 14.4 Å². The van der Waals surface area contributed by atoms with Gasteiger partial charge >= 0.3 is 18.2 Å². The fraction of sp³-hybridized carbons (Fsp3) is 0.706. The first-order valence-corrected chi connectivity index (χ1v) is 8.40. The number of carbonyl (C=O) groups is 3. The van der Waals surface area contributed by atoms with Crippen molar-refractivity contribution in [3.05, 3.63) is 11.6 Å². The zero-order valence-corrected chi connectivity index (χ0v) is 15.5. The van der Waals surface area contributed by atoms with Crippen molar-refractivity contribution in [1.29, 1.82) is 0 Å². The van der Waals surface area contributed by atoms with E-state index in [2.05, 4.69) is 10.6 Å². The number of alkyl carbamates (subject to hydrolysis) is 2. The van der Waals surface area contributed by atoms with Gasteiger partial charge < -0.3 is 24.8 Å². The summed E-state index contributed by atoms with van der Waals surface area (Å²) in [4.78, 5) is 34.3. The van der Waals surface area contributed by atoms with Crippen molar-refractivity contribution in [2.75, 3.05) is 6.54 Å². The number of ether oxygens (including phenoxy) is 3. The van der Waals surface area contributed by atoms with Gasteiger partial charge in [-0.3, -0.25) is 0 Å². The smallest absolute Gasteiger partial charge is 0.410 e. The van der Waals surface area contributed by atoms with Crippen molar-refractivity contribution in [1.82, 2.24) is 10.6 Å². The molecule has 0 aromatic rings. The van der Waals surface area contributed by atoms with Gasteiger partial charge in [0.15, 0.2) is 0 Å². The molecule has 2 atom stereocenters. The van der Waals surface area contributed by atoms with Crippen LogP contribution in [-0.4, -0.2) is 42.6 Å². The molecule has 8 nitrogen and oxygen atoms in total. The first-order valence-electron chi connectivity index (χ1n) is 8.40. The van der Waals surface area contributed by atoms with Crippen LogP contribution in [0.5, 0.6) is 0 Å². The fourth-order valence-electron chi connectivity index (χ4n) is 2.06. The molecular formula is C17H28N2O6. The Labute approximate surface area is 148 Å². The van der Waals surface area contributed by atoms with Gasteiger partial charge in [0.25, 0.3) is 6.29 Å². The minimum absolute atomic E-state index is 0.0205. The van der Waals surface area contributed by atoms with Gasteiger partial charge in [-0.2, -0.15) is 0 Å². The maximum Gasteiger partial charge on any atom is 0.410 e. The molecule has 142 valence electrons.